The fourth-order valence-corrected chi connectivity index (χ4v) is 2.53. The van der Waals surface area contributed by atoms with Crippen molar-refractivity contribution < 1.29 is 9.53 Å². The molecule has 5 rings (SSSR count). The first-order valence-electron chi connectivity index (χ1n) is 6.89. The van der Waals surface area contributed by atoms with Gasteiger partial charge in [0.15, 0.2) is 0 Å². The number of benzene rings is 1. The Labute approximate surface area is 123 Å². The summed E-state index contributed by atoms with van der Waals surface area (Å²) in [7, 11) is 0. The third-order valence-electron chi connectivity index (χ3n) is 3.57. The summed E-state index contributed by atoms with van der Waals surface area (Å²) in [5.74, 6) is 0.719. The van der Waals surface area contributed by atoms with Crippen molar-refractivity contribution in [3.8, 4) is 0 Å². The Hall–Kier alpha value is -2.47. The zero-order chi connectivity index (χ0) is 14.7. The number of primary amides is 1. The second-order valence-corrected chi connectivity index (χ2v) is 5.12. The van der Waals surface area contributed by atoms with E-state index in [4.69, 9.17) is 5.73 Å². The minimum Gasteiger partial charge on any atom is -0.445 e. The van der Waals surface area contributed by atoms with E-state index in [0.717, 1.165) is 18.0 Å². The van der Waals surface area contributed by atoms with Crippen LogP contribution < -0.4 is 21.9 Å². The van der Waals surface area contributed by atoms with Gasteiger partial charge in [-0.1, -0.05) is 30.3 Å². The molecule has 110 valence electrons. The lowest BCUT2D eigenvalue weighted by Crippen LogP contribution is -2.34. The highest BCUT2D eigenvalue weighted by atomic mass is 16.5. The van der Waals surface area contributed by atoms with E-state index in [9.17, 15) is 4.79 Å². The molecule has 6 nitrogen and oxygen atoms in total. The standard InChI is InChI=1S/C8H9NO2.C7H9N3/c9-8(10)11-6-7-4-2-1-3-5-7;1-4-3-8-10-7(4)6-2-5(1)9-6/h1-5H,6H2,(H2,9,10);2,4,8-10H,1,3H2. The molecule has 1 saturated heterocycles. The molecule has 0 radical (unpaired) electrons. The summed E-state index contributed by atoms with van der Waals surface area (Å²) in [6.07, 6.45) is 2.65. The molecule has 0 saturated carbocycles. The molecule has 0 spiro atoms. The lowest BCUT2D eigenvalue weighted by Gasteiger charge is -2.31. The van der Waals surface area contributed by atoms with Crippen LogP contribution in [0.2, 0.25) is 0 Å². The third-order valence-corrected chi connectivity index (χ3v) is 3.57. The quantitative estimate of drug-likeness (QED) is 0.654. The molecule has 5 N–H and O–H groups in total. The second kappa shape index (κ2) is 5.88. The molecular weight excluding hydrogens is 268 g/mol. The lowest BCUT2D eigenvalue weighted by molar-refractivity contribution is 0.150. The van der Waals surface area contributed by atoms with E-state index in [2.05, 4.69) is 27.0 Å². The first kappa shape index (κ1) is 13.5. The zero-order valence-electron chi connectivity index (χ0n) is 11.6. The summed E-state index contributed by atoms with van der Waals surface area (Å²) in [6, 6.07) is 9.37. The number of hydrogen-bond acceptors (Lipinski definition) is 5. The highest BCUT2D eigenvalue weighted by Gasteiger charge is 2.33. The average molecular weight is 286 g/mol. The van der Waals surface area contributed by atoms with E-state index >= 15 is 0 Å². The van der Waals surface area contributed by atoms with E-state index < -0.39 is 6.09 Å². The van der Waals surface area contributed by atoms with Gasteiger partial charge in [0, 0.05) is 18.2 Å². The maximum Gasteiger partial charge on any atom is 0.404 e. The van der Waals surface area contributed by atoms with Crippen molar-refractivity contribution in [3.05, 3.63) is 59.1 Å². The minimum absolute atomic E-state index is 0.246. The summed E-state index contributed by atoms with van der Waals surface area (Å²) in [6.45, 7) is 1.33. The third kappa shape index (κ3) is 3.17. The molecule has 2 bridgehead atoms. The molecule has 21 heavy (non-hydrogen) atoms. The van der Waals surface area contributed by atoms with Gasteiger partial charge in [0.05, 0.1) is 11.4 Å². The van der Waals surface area contributed by atoms with Gasteiger partial charge in [-0.15, -0.1) is 0 Å². The van der Waals surface area contributed by atoms with Crippen molar-refractivity contribution in [2.24, 2.45) is 11.7 Å². The maximum atomic E-state index is 10.2. The summed E-state index contributed by atoms with van der Waals surface area (Å²) >= 11 is 0. The molecule has 0 aromatic heterocycles. The number of amides is 1. The van der Waals surface area contributed by atoms with E-state index in [1.165, 1.54) is 23.5 Å². The van der Waals surface area contributed by atoms with Gasteiger partial charge >= 0.3 is 6.09 Å². The second-order valence-electron chi connectivity index (χ2n) is 5.12. The van der Waals surface area contributed by atoms with Crippen molar-refractivity contribution in [1.82, 2.24) is 16.2 Å². The molecule has 1 amide bonds. The Morgan fingerprint density at radius 1 is 1.33 bits per heavy atom. The van der Waals surface area contributed by atoms with Crippen molar-refractivity contribution in [3.63, 3.8) is 0 Å². The summed E-state index contributed by atoms with van der Waals surface area (Å²) in [5, 5.41) is 3.29. The number of nitrogens with one attached hydrogen (secondary N) is 3. The average Bonchev–Trinajstić information content (AvgIpc) is 2.95. The molecule has 1 unspecified atom stereocenters. The minimum atomic E-state index is -0.742. The van der Waals surface area contributed by atoms with Crippen LogP contribution >= 0.6 is 0 Å². The van der Waals surface area contributed by atoms with Gasteiger partial charge in [-0.05, 0) is 18.1 Å². The number of carbonyl (C=O) groups excluding carboxylic acids is 1. The Morgan fingerprint density at radius 2 is 2.10 bits per heavy atom. The van der Waals surface area contributed by atoms with E-state index in [-0.39, 0.29) is 6.61 Å². The van der Waals surface area contributed by atoms with Gasteiger partial charge < -0.3 is 21.2 Å². The van der Waals surface area contributed by atoms with E-state index in [1.54, 1.807) is 0 Å². The fraction of sp³-hybridized carbons (Fsp3) is 0.267. The summed E-state index contributed by atoms with van der Waals surface area (Å²) < 4.78 is 4.57. The Morgan fingerprint density at radius 3 is 2.76 bits per heavy atom. The monoisotopic (exact) mass is 286 g/mol. The van der Waals surface area contributed by atoms with Crippen LogP contribution in [0.15, 0.2) is 53.5 Å². The maximum absolute atomic E-state index is 10.2. The molecule has 1 aromatic carbocycles. The van der Waals surface area contributed by atoms with Gasteiger partial charge in [0.25, 0.3) is 0 Å². The Kier molecular flexibility index (Phi) is 3.79. The molecule has 1 aliphatic carbocycles. The Balaban J connectivity index is 0.000000126. The van der Waals surface area contributed by atoms with Crippen molar-refractivity contribution >= 4 is 6.09 Å². The zero-order valence-corrected chi connectivity index (χ0v) is 11.6. The molecule has 3 heterocycles. The van der Waals surface area contributed by atoms with Gasteiger partial charge in [-0.25, -0.2) is 10.2 Å². The normalized spacial score (nSPS) is 20.8. The highest BCUT2D eigenvalue weighted by Crippen LogP contribution is 2.34. The van der Waals surface area contributed by atoms with Crippen LogP contribution in [-0.4, -0.2) is 12.6 Å². The van der Waals surface area contributed by atoms with Gasteiger partial charge in [0.1, 0.15) is 6.61 Å². The van der Waals surface area contributed by atoms with E-state index in [0.29, 0.717) is 0 Å². The van der Waals surface area contributed by atoms with Crippen LogP contribution in [0.5, 0.6) is 0 Å². The molecule has 4 aliphatic rings. The van der Waals surface area contributed by atoms with Crippen LogP contribution in [0.4, 0.5) is 4.79 Å². The molecule has 3 aliphatic heterocycles. The van der Waals surface area contributed by atoms with Gasteiger partial charge in [0.2, 0.25) is 0 Å². The molecular formula is C15H18N4O2. The predicted molar refractivity (Wildman–Crippen MR) is 78.3 cm³/mol. The predicted octanol–water partition coefficient (Wildman–Crippen LogP) is 1.09. The smallest absolute Gasteiger partial charge is 0.404 e. The number of hydrazine groups is 1. The number of nitrogens with two attached hydrogens (primary N) is 1. The summed E-state index contributed by atoms with van der Waals surface area (Å²) in [4.78, 5) is 10.2. The van der Waals surface area contributed by atoms with Gasteiger partial charge in [-0.3, -0.25) is 0 Å². The van der Waals surface area contributed by atoms with Crippen LogP contribution in [0.3, 0.4) is 0 Å². The fourth-order valence-electron chi connectivity index (χ4n) is 2.53. The van der Waals surface area contributed by atoms with Crippen LogP contribution in [-0.2, 0) is 11.3 Å². The topological polar surface area (TPSA) is 88.4 Å². The molecule has 1 fully saturated rings. The van der Waals surface area contributed by atoms with Gasteiger partial charge in [-0.2, -0.15) is 0 Å². The number of rotatable bonds is 2. The number of carbonyl (C=O) groups is 1. The van der Waals surface area contributed by atoms with Crippen molar-refractivity contribution in [1.29, 1.82) is 0 Å². The largest absolute Gasteiger partial charge is 0.445 e. The highest BCUT2D eigenvalue weighted by molar-refractivity contribution is 5.64. The van der Waals surface area contributed by atoms with Crippen molar-refractivity contribution in [2.75, 3.05) is 6.54 Å². The lowest BCUT2D eigenvalue weighted by atomic mass is 9.89. The van der Waals surface area contributed by atoms with Crippen molar-refractivity contribution in [2.45, 2.75) is 13.0 Å². The molecule has 1 aromatic rings. The first-order valence-corrected chi connectivity index (χ1v) is 6.89. The van der Waals surface area contributed by atoms with Crippen LogP contribution in [0.1, 0.15) is 12.0 Å². The Bertz CT molecular complexity index is 595. The molecule has 6 heteroatoms. The van der Waals surface area contributed by atoms with Crippen LogP contribution in [0, 0.1) is 5.92 Å². The number of ether oxygens (including phenoxy) is 1. The number of hydrogen-bond donors (Lipinski definition) is 4. The molecule has 1 atom stereocenters. The van der Waals surface area contributed by atoms with E-state index in [1.807, 2.05) is 30.3 Å². The number of allylic oxidation sites excluding steroid dienone is 2. The SMILES string of the molecule is C1=C2CC3CNNC3=C1N2.NC(=O)OCc1ccccc1. The van der Waals surface area contributed by atoms with Crippen LogP contribution in [0.25, 0.3) is 0 Å². The first-order chi connectivity index (χ1) is 10.2. The summed E-state index contributed by atoms with van der Waals surface area (Å²) in [5.41, 5.74) is 16.1.